The second kappa shape index (κ2) is 4.82. The molecule has 4 heteroatoms. The summed E-state index contributed by atoms with van der Waals surface area (Å²) in [6, 6.07) is 12.3. The van der Waals surface area contributed by atoms with Crippen LogP contribution in [-0.2, 0) is 11.3 Å². The number of aromatic nitrogens is 1. The maximum Gasteiger partial charge on any atom is 0.234 e. The predicted molar refractivity (Wildman–Crippen MR) is 71.5 cm³/mol. The number of benzene rings is 1. The Kier molecular flexibility index (Phi) is 3.02. The minimum Gasteiger partial charge on any atom is -0.319 e. The van der Waals surface area contributed by atoms with Crippen molar-refractivity contribution in [1.82, 2.24) is 0 Å². The number of fused-ring (bicyclic) bond motifs is 1. The van der Waals surface area contributed by atoms with Crippen molar-refractivity contribution in [1.29, 1.82) is 0 Å². The van der Waals surface area contributed by atoms with Crippen LogP contribution in [0.1, 0.15) is 5.56 Å². The Morgan fingerprint density at radius 1 is 1.22 bits per heavy atom. The average Bonchev–Trinajstić information content (AvgIpc) is 2.39. The van der Waals surface area contributed by atoms with Gasteiger partial charge >= 0.3 is 0 Å². The molecule has 1 aliphatic rings. The van der Waals surface area contributed by atoms with Crippen LogP contribution < -0.4 is 9.88 Å². The van der Waals surface area contributed by atoms with E-state index in [1.165, 1.54) is 5.56 Å². The number of nitrogens with zero attached hydrogens (tertiary/aromatic N) is 1. The van der Waals surface area contributed by atoms with Gasteiger partial charge in [-0.15, -0.1) is 11.8 Å². The summed E-state index contributed by atoms with van der Waals surface area (Å²) in [6.45, 7) is 0.814. The Balaban J connectivity index is 1.86. The van der Waals surface area contributed by atoms with E-state index in [1.807, 2.05) is 24.4 Å². The van der Waals surface area contributed by atoms with Gasteiger partial charge in [0.2, 0.25) is 5.91 Å². The van der Waals surface area contributed by atoms with Crippen LogP contribution in [0.3, 0.4) is 0 Å². The Labute approximate surface area is 110 Å². The van der Waals surface area contributed by atoms with Gasteiger partial charge in [-0.1, -0.05) is 30.3 Å². The van der Waals surface area contributed by atoms with Crippen LogP contribution in [0.25, 0.3) is 0 Å². The number of pyridine rings is 1. The van der Waals surface area contributed by atoms with Crippen molar-refractivity contribution in [3.8, 4) is 0 Å². The van der Waals surface area contributed by atoms with E-state index in [4.69, 9.17) is 0 Å². The topological polar surface area (TPSA) is 33.0 Å². The fourth-order valence-electron chi connectivity index (χ4n) is 1.97. The van der Waals surface area contributed by atoms with E-state index < -0.39 is 0 Å². The first-order valence-electron chi connectivity index (χ1n) is 5.81. The molecule has 0 radical (unpaired) electrons. The molecule has 3 nitrogen and oxygen atoms in total. The van der Waals surface area contributed by atoms with Gasteiger partial charge in [0, 0.05) is 16.5 Å². The molecule has 3 rings (SSSR count). The van der Waals surface area contributed by atoms with E-state index in [2.05, 4.69) is 34.3 Å². The zero-order valence-corrected chi connectivity index (χ0v) is 10.6. The molecule has 2 heterocycles. The van der Waals surface area contributed by atoms with E-state index >= 15 is 0 Å². The zero-order valence-electron chi connectivity index (χ0n) is 9.80. The second-order valence-electron chi connectivity index (χ2n) is 4.22. The quantitative estimate of drug-likeness (QED) is 0.835. The normalized spacial score (nSPS) is 13.9. The molecule has 1 aromatic heterocycles. The maximum atomic E-state index is 11.4. The third kappa shape index (κ3) is 2.38. The number of hydrogen-bond acceptors (Lipinski definition) is 2. The fourth-order valence-corrected chi connectivity index (χ4v) is 2.74. The summed E-state index contributed by atoms with van der Waals surface area (Å²) in [7, 11) is 0. The molecule has 1 N–H and O–H groups in total. The smallest absolute Gasteiger partial charge is 0.234 e. The van der Waals surface area contributed by atoms with E-state index in [0.717, 1.165) is 17.1 Å². The molecule has 0 saturated heterocycles. The van der Waals surface area contributed by atoms with Gasteiger partial charge in [-0.05, 0) is 0 Å². The van der Waals surface area contributed by atoms with Gasteiger partial charge in [0.1, 0.15) is 5.69 Å². The summed E-state index contributed by atoms with van der Waals surface area (Å²) in [4.78, 5) is 12.5. The summed E-state index contributed by atoms with van der Waals surface area (Å²) in [5.41, 5.74) is 2.16. The molecule has 0 fully saturated rings. The van der Waals surface area contributed by atoms with Crippen molar-refractivity contribution in [2.24, 2.45) is 0 Å². The highest BCUT2D eigenvalue weighted by Gasteiger charge is 2.18. The van der Waals surface area contributed by atoms with Crippen molar-refractivity contribution in [2.45, 2.75) is 11.4 Å². The number of thioether (sulfide) groups is 1. The number of rotatable bonds is 2. The van der Waals surface area contributed by atoms with Gasteiger partial charge in [0.15, 0.2) is 18.9 Å². The minimum atomic E-state index is 0.0740. The Hall–Kier alpha value is -1.81. The number of carbonyl (C=O) groups excluding carboxylic acids is 1. The van der Waals surface area contributed by atoms with E-state index in [1.54, 1.807) is 11.8 Å². The van der Waals surface area contributed by atoms with Gasteiger partial charge in [0.25, 0.3) is 0 Å². The maximum absolute atomic E-state index is 11.4. The zero-order chi connectivity index (χ0) is 12.4. The lowest BCUT2D eigenvalue weighted by molar-refractivity contribution is -0.688. The number of hydrogen-bond donors (Lipinski definition) is 1. The number of nitrogens with one attached hydrogen (secondary N) is 1. The molecule has 0 spiro atoms. The molecule has 90 valence electrons. The lowest BCUT2D eigenvalue weighted by Crippen LogP contribution is -2.35. The van der Waals surface area contributed by atoms with Crippen molar-refractivity contribution >= 4 is 23.4 Å². The van der Waals surface area contributed by atoms with Gasteiger partial charge < -0.3 is 5.32 Å². The average molecular weight is 257 g/mol. The molecule has 0 bridgehead atoms. The van der Waals surface area contributed by atoms with E-state index in [9.17, 15) is 4.79 Å². The van der Waals surface area contributed by atoms with Crippen molar-refractivity contribution < 1.29 is 9.36 Å². The van der Waals surface area contributed by atoms with Crippen LogP contribution in [0.2, 0.25) is 0 Å². The number of amides is 1. The van der Waals surface area contributed by atoms with Crippen LogP contribution in [0.4, 0.5) is 5.69 Å². The second-order valence-corrected chi connectivity index (χ2v) is 5.23. The summed E-state index contributed by atoms with van der Waals surface area (Å²) in [6.07, 6.45) is 4.04. The molecule has 1 amide bonds. The highest BCUT2D eigenvalue weighted by Crippen LogP contribution is 2.29. The van der Waals surface area contributed by atoms with Crippen LogP contribution >= 0.6 is 11.8 Å². The van der Waals surface area contributed by atoms with Crippen LogP contribution in [-0.4, -0.2) is 11.7 Å². The first-order chi connectivity index (χ1) is 8.81. The minimum absolute atomic E-state index is 0.0740. The largest absolute Gasteiger partial charge is 0.319 e. The predicted octanol–water partition coefficient (Wildman–Crippen LogP) is 2.07. The molecule has 1 aliphatic heterocycles. The lowest BCUT2D eigenvalue weighted by atomic mass is 10.2. The Morgan fingerprint density at radius 3 is 2.89 bits per heavy atom. The number of anilines is 1. The third-order valence-corrected chi connectivity index (χ3v) is 3.89. The number of carbonyl (C=O) groups is 1. The molecular formula is C14H13N2OS+. The lowest BCUT2D eigenvalue weighted by Gasteiger charge is -2.14. The molecule has 0 saturated carbocycles. The Morgan fingerprint density at radius 2 is 2.06 bits per heavy atom. The monoisotopic (exact) mass is 257 g/mol. The highest BCUT2D eigenvalue weighted by atomic mass is 32.2. The third-order valence-electron chi connectivity index (χ3n) is 2.82. The van der Waals surface area contributed by atoms with Crippen molar-refractivity contribution in [3.63, 3.8) is 0 Å². The van der Waals surface area contributed by atoms with Crippen LogP contribution in [0, 0.1) is 0 Å². The SMILES string of the molecule is O=C1CSc2cc[n+](Cc3ccccc3)cc2N1. The molecule has 0 unspecified atom stereocenters. The molecule has 0 atom stereocenters. The van der Waals surface area contributed by atoms with Crippen LogP contribution in [0.5, 0.6) is 0 Å². The first-order valence-corrected chi connectivity index (χ1v) is 6.79. The van der Waals surface area contributed by atoms with Gasteiger partial charge in [-0.2, -0.15) is 4.57 Å². The first kappa shape index (κ1) is 11.3. The van der Waals surface area contributed by atoms with Crippen LogP contribution in [0.15, 0.2) is 53.7 Å². The Bertz CT molecular complexity index is 584. The van der Waals surface area contributed by atoms with E-state index in [0.29, 0.717) is 5.75 Å². The highest BCUT2D eigenvalue weighted by molar-refractivity contribution is 8.00. The molecular weight excluding hydrogens is 244 g/mol. The van der Waals surface area contributed by atoms with Crippen molar-refractivity contribution in [2.75, 3.05) is 11.1 Å². The van der Waals surface area contributed by atoms with Gasteiger partial charge in [0.05, 0.1) is 5.75 Å². The van der Waals surface area contributed by atoms with Gasteiger partial charge in [-0.25, -0.2) is 0 Å². The van der Waals surface area contributed by atoms with Crippen molar-refractivity contribution in [3.05, 3.63) is 54.4 Å². The summed E-state index contributed by atoms with van der Waals surface area (Å²) >= 11 is 1.59. The summed E-state index contributed by atoms with van der Waals surface area (Å²) in [5, 5.41) is 2.91. The van der Waals surface area contributed by atoms with E-state index in [-0.39, 0.29) is 5.91 Å². The molecule has 2 aromatic rings. The molecule has 0 aliphatic carbocycles. The fraction of sp³-hybridized carbons (Fsp3) is 0.143. The standard InChI is InChI=1S/C14H12N2OS/c17-14-10-18-13-6-7-16(9-12(13)15-14)8-11-4-2-1-3-5-11/h1-7,9H,8,10H2/p+1. The molecule has 18 heavy (non-hydrogen) atoms. The summed E-state index contributed by atoms with van der Waals surface area (Å²) < 4.78 is 2.08. The van der Waals surface area contributed by atoms with Gasteiger partial charge in [-0.3, -0.25) is 4.79 Å². The summed E-state index contributed by atoms with van der Waals surface area (Å²) in [5.74, 6) is 0.584. The molecule has 1 aromatic carbocycles.